The summed E-state index contributed by atoms with van der Waals surface area (Å²) in [6, 6.07) is 0.633. The molecule has 0 spiro atoms. The Labute approximate surface area is 85.2 Å². The van der Waals surface area contributed by atoms with E-state index in [1.54, 1.807) is 0 Å². The molecule has 0 aliphatic carbocycles. The maximum Gasteiger partial charge on any atom is 0.236 e. The van der Waals surface area contributed by atoms with Gasteiger partial charge in [-0.3, -0.25) is 9.69 Å². The standard InChI is InChI=1S/C10H19N3O/c1-12-6-7-13(8-10(12)14)9-2-4-11-5-3-9/h9,11H,2-8H2,1H3. The van der Waals surface area contributed by atoms with Gasteiger partial charge in [0.05, 0.1) is 6.54 Å². The molecule has 2 fully saturated rings. The minimum Gasteiger partial charge on any atom is -0.343 e. The molecule has 1 amide bonds. The fraction of sp³-hybridized carbons (Fsp3) is 0.900. The van der Waals surface area contributed by atoms with Gasteiger partial charge in [-0.25, -0.2) is 0 Å². The Balaban J connectivity index is 1.88. The Hall–Kier alpha value is -0.610. The van der Waals surface area contributed by atoms with Crippen molar-refractivity contribution in [1.29, 1.82) is 0 Å². The summed E-state index contributed by atoms with van der Waals surface area (Å²) in [4.78, 5) is 15.7. The van der Waals surface area contributed by atoms with Gasteiger partial charge in [-0.1, -0.05) is 0 Å². The molecule has 0 aromatic heterocycles. The number of amides is 1. The summed E-state index contributed by atoms with van der Waals surface area (Å²) in [6.07, 6.45) is 2.38. The molecule has 2 rings (SSSR count). The monoisotopic (exact) mass is 197 g/mol. The highest BCUT2D eigenvalue weighted by molar-refractivity contribution is 5.78. The SMILES string of the molecule is CN1CCN(C2CCNCC2)CC1=O. The van der Waals surface area contributed by atoms with E-state index < -0.39 is 0 Å². The van der Waals surface area contributed by atoms with E-state index in [0.29, 0.717) is 12.6 Å². The third kappa shape index (κ3) is 2.07. The molecule has 1 N–H and O–H groups in total. The second-order valence-electron chi connectivity index (χ2n) is 4.27. The quantitative estimate of drug-likeness (QED) is 0.616. The van der Waals surface area contributed by atoms with Crippen LogP contribution in [0.1, 0.15) is 12.8 Å². The first-order chi connectivity index (χ1) is 6.77. The maximum atomic E-state index is 11.5. The molecule has 0 radical (unpaired) electrons. The van der Waals surface area contributed by atoms with Gasteiger partial charge < -0.3 is 10.2 Å². The van der Waals surface area contributed by atoms with Crippen molar-refractivity contribution in [2.24, 2.45) is 0 Å². The predicted octanol–water partition coefficient (Wildman–Crippen LogP) is -0.488. The summed E-state index contributed by atoms with van der Waals surface area (Å²) in [5.74, 6) is 0.273. The smallest absolute Gasteiger partial charge is 0.236 e. The van der Waals surface area contributed by atoms with Crippen LogP contribution in [-0.2, 0) is 4.79 Å². The Morgan fingerprint density at radius 1 is 1.29 bits per heavy atom. The first kappa shape index (κ1) is 9.93. The van der Waals surface area contributed by atoms with Gasteiger partial charge in [-0.2, -0.15) is 0 Å². The molecule has 2 aliphatic heterocycles. The van der Waals surface area contributed by atoms with Gasteiger partial charge in [0.15, 0.2) is 0 Å². The molecule has 14 heavy (non-hydrogen) atoms. The van der Waals surface area contributed by atoms with Gasteiger partial charge >= 0.3 is 0 Å². The number of likely N-dealkylation sites (N-methyl/N-ethyl adjacent to an activating group) is 1. The molecule has 4 heteroatoms. The van der Waals surface area contributed by atoms with Crippen LogP contribution < -0.4 is 5.32 Å². The van der Waals surface area contributed by atoms with Crippen molar-refractivity contribution in [1.82, 2.24) is 15.1 Å². The Morgan fingerprint density at radius 2 is 2.00 bits per heavy atom. The molecule has 2 heterocycles. The predicted molar refractivity (Wildman–Crippen MR) is 55.1 cm³/mol. The molecule has 0 aromatic carbocycles. The molecule has 2 aliphatic rings. The van der Waals surface area contributed by atoms with Crippen LogP contribution >= 0.6 is 0 Å². The van der Waals surface area contributed by atoms with Crippen molar-refractivity contribution in [2.75, 3.05) is 39.8 Å². The van der Waals surface area contributed by atoms with Crippen LogP contribution in [0.4, 0.5) is 0 Å². The molecular formula is C10H19N3O. The van der Waals surface area contributed by atoms with Gasteiger partial charge in [0.2, 0.25) is 5.91 Å². The number of rotatable bonds is 1. The lowest BCUT2D eigenvalue weighted by Gasteiger charge is -2.39. The molecule has 0 unspecified atom stereocenters. The largest absolute Gasteiger partial charge is 0.343 e. The Bertz CT molecular complexity index is 213. The topological polar surface area (TPSA) is 35.6 Å². The molecule has 0 saturated carbocycles. The lowest BCUT2D eigenvalue weighted by Crippen LogP contribution is -2.54. The van der Waals surface area contributed by atoms with E-state index in [9.17, 15) is 4.79 Å². The van der Waals surface area contributed by atoms with E-state index in [-0.39, 0.29) is 5.91 Å². The second-order valence-corrected chi connectivity index (χ2v) is 4.27. The number of hydrogen-bond donors (Lipinski definition) is 1. The van der Waals surface area contributed by atoms with Crippen LogP contribution in [0.25, 0.3) is 0 Å². The average Bonchev–Trinajstić information content (AvgIpc) is 2.23. The van der Waals surface area contributed by atoms with E-state index >= 15 is 0 Å². The molecule has 2 saturated heterocycles. The van der Waals surface area contributed by atoms with Crippen molar-refractivity contribution < 1.29 is 4.79 Å². The first-order valence-electron chi connectivity index (χ1n) is 5.46. The van der Waals surface area contributed by atoms with Crippen LogP contribution in [0.15, 0.2) is 0 Å². The zero-order chi connectivity index (χ0) is 9.97. The van der Waals surface area contributed by atoms with Crippen molar-refractivity contribution in [2.45, 2.75) is 18.9 Å². The zero-order valence-electron chi connectivity index (χ0n) is 8.83. The molecule has 0 atom stereocenters. The molecule has 80 valence electrons. The van der Waals surface area contributed by atoms with E-state index in [1.807, 2.05) is 11.9 Å². The van der Waals surface area contributed by atoms with E-state index in [4.69, 9.17) is 0 Å². The third-order valence-electron chi connectivity index (χ3n) is 3.31. The lowest BCUT2D eigenvalue weighted by atomic mass is 10.0. The molecular weight excluding hydrogens is 178 g/mol. The minimum atomic E-state index is 0.273. The van der Waals surface area contributed by atoms with E-state index in [0.717, 1.165) is 26.2 Å². The number of piperazine rings is 1. The molecule has 0 bridgehead atoms. The van der Waals surface area contributed by atoms with Gasteiger partial charge in [-0.05, 0) is 25.9 Å². The Kier molecular flexibility index (Phi) is 3.03. The summed E-state index contributed by atoms with van der Waals surface area (Å²) in [7, 11) is 1.89. The fourth-order valence-electron chi connectivity index (χ4n) is 2.26. The van der Waals surface area contributed by atoms with Gasteiger partial charge in [0, 0.05) is 26.2 Å². The lowest BCUT2D eigenvalue weighted by molar-refractivity contribution is -0.135. The van der Waals surface area contributed by atoms with Crippen molar-refractivity contribution >= 4 is 5.91 Å². The van der Waals surface area contributed by atoms with Crippen LogP contribution in [-0.4, -0.2) is 61.5 Å². The first-order valence-corrected chi connectivity index (χ1v) is 5.46. The summed E-state index contributed by atoms with van der Waals surface area (Å²) < 4.78 is 0. The molecule has 4 nitrogen and oxygen atoms in total. The highest BCUT2D eigenvalue weighted by atomic mass is 16.2. The number of nitrogens with one attached hydrogen (secondary N) is 1. The zero-order valence-corrected chi connectivity index (χ0v) is 8.83. The number of carbonyl (C=O) groups is 1. The van der Waals surface area contributed by atoms with Crippen LogP contribution in [0.3, 0.4) is 0 Å². The normalized spacial score (nSPS) is 26.9. The summed E-state index contributed by atoms with van der Waals surface area (Å²) >= 11 is 0. The fourth-order valence-corrected chi connectivity index (χ4v) is 2.26. The molecule has 0 aromatic rings. The third-order valence-corrected chi connectivity index (χ3v) is 3.31. The highest BCUT2D eigenvalue weighted by Gasteiger charge is 2.27. The van der Waals surface area contributed by atoms with Crippen LogP contribution in [0, 0.1) is 0 Å². The van der Waals surface area contributed by atoms with E-state index in [1.165, 1.54) is 12.8 Å². The number of nitrogens with zero attached hydrogens (tertiary/aromatic N) is 2. The summed E-state index contributed by atoms with van der Waals surface area (Å²) in [6.45, 7) is 4.77. The van der Waals surface area contributed by atoms with Gasteiger partial charge in [-0.15, -0.1) is 0 Å². The highest BCUT2D eigenvalue weighted by Crippen LogP contribution is 2.14. The van der Waals surface area contributed by atoms with Crippen molar-refractivity contribution in [3.8, 4) is 0 Å². The minimum absolute atomic E-state index is 0.273. The van der Waals surface area contributed by atoms with Gasteiger partial charge in [0.25, 0.3) is 0 Å². The van der Waals surface area contributed by atoms with Gasteiger partial charge in [0.1, 0.15) is 0 Å². The number of hydrogen-bond acceptors (Lipinski definition) is 3. The summed E-state index contributed by atoms with van der Waals surface area (Å²) in [5.41, 5.74) is 0. The Morgan fingerprint density at radius 3 is 2.64 bits per heavy atom. The number of piperidine rings is 1. The number of carbonyl (C=O) groups excluding carboxylic acids is 1. The average molecular weight is 197 g/mol. The maximum absolute atomic E-state index is 11.5. The van der Waals surface area contributed by atoms with Crippen molar-refractivity contribution in [3.63, 3.8) is 0 Å². The van der Waals surface area contributed by atoms with Crippen LogP contribution in [0.2, 0.25) is 0 Å². The van der Waals surface area contributed by atoms with E-state index in [2.05, 4.69) is 10.2 Å². The van der Waals surface area contributed by atoms with Crippen molar-refractivity contribution in [3.05, 3.63) is 0 Å². The van der Waals surface area contributed by atoms with Crippen LogP contribution in [0.5, 0.6) is 0 Å². The summed E-state index contributed by atoms with van der Waals surface area (Å²) in [5, 5.41) is 3.35. The second kappa shape index (κ2) is 4.28.